The van der Waals surface area contributed by atoms with E-state index in [0.29, 0.717) is 11.3 Å². The minimum absolute atomic E-state index is 0.229. The Bertz CT molecular complexity index is 682. The van der Waals surface area contributed by atoms with E-state index in [1.807, 2.05) is 0 Å². The quantitative estimate of drug-likeness (QED) is 0.893. The number of halogens is 1. The Kier molecular flexibility index (Phi) is 3.60. The molecule has 0 aliphatic carbocycles. The van der Waals surface area contributed by atoms with Crippen LogP contribution >= 0.6 is 27.3 Å². The van der Waals surface area contributed by atoms with E-state index in [-0.39, 0.29) is 10.0 Å². The van der Waals surface area contributed by atoms with Gasteiger partial charge in [0.2, 0.25) is 0 Å². The first kappa shape index (κ1) is 13.3. The average Bonchev–Trinajstić information content (AvgIpc) is 2.70. The molecule has 0 saturated heterocycles. The molecule has 2 aromatic heterocycles. The zero-order valence-electron chi connectivity index (χ0n) is 9.34. The third kappa shape index (κ3) is 2.82. The van der Waals surface area contributed by atoms with Crippen molar-refractivity contribution in [3.05, 3.63) is 33.7 Å². The van der Waals surface area contributed by atoms with Crippen molar-refractivity contribution in [3.63, 3.8) is 0 Å². The van der Waals surface area contributed by atoms with Crippen molar-refractivity contribution in [2.75, 3.05) is 10.5 Å². The van der Waals surface area contributed by atoms with Crippen molar-refractivity contribution in [1.82, 2.24) is 4.98 Å². The molecule has 0 spiro atoms. The number of aryl methyl sites for hydroxylation is 1. The number of sulfonamides is 1. The molecule has 0 saturated carbocycles. The molecule has 8 heteroatoms. The van der Waals surface area contributed by atoms with Gasteiger partial charge in [-0.25, -0.2) is 13.4 Å². The van der Waals surface area contributed by atoms with E-state index >= 15 is 0 Å². The second-order valence-corrected chi connectivity index (χ2v) is 7.97. The Labute approximate surface area is 117 Å². The molecule has 2 rings (SSSR count). The van der Waals surface area contributed by atoms with E-state index in [9.17, 15) is 8.42 Å². The van der Waals surface area contributed by atoms with E-state index in [1.165, 1.54) is 12.3 Å². The Balaban J connectivity index is 2.33. The fourth-order valence-corrected chi connectivity index (χ4v) is 4.41. The van der Waals surface area contributed by atoms with Crippen molar-refractivity contribution in [2.24, 2.45) is 0 Å². The van der Waals surface area contributed by atoms with E-state index in [0.717, 1.165) is 15.1 Å². The highest BCUT2D eigenvalue weighted by Crippen LogP contribution is 2.28. The Morgan fingerprint density at radius 2 is 2.17 bits per heavy atom. The first-order valence-corrected chi connectivity index (χ1v) is 7.98. The Morgan fingerprint density at radius 1 is 1.44 bits per heavy atom. The largest absolute Gasteiger partial charge is 0.397 e. The summed E-state index contributed by atoms with van der Waals surface area (Å²) in [4.78, 5) is 3.97. The van der Waals surface area contributed by atoms with Gasteiger partial charge in [-0.15, -0.1) is 11.3 Å². The standard InChI is InChI=1S/C10H10BrN3O2S2/c1-6-4-7(12)5-13-10(6)14-18(15,16)9-3-2-8(11)17-9/h2-5H,12H2,1H3,(H,13,14). The molecule has 2 aromatic rings. The number of hydrogen-bond donors (Lipinski definition) is 2. The summed E-state index contributed by atoms with van der Waals surface area (Å²) >= 11 is 4.36. The van der Waals surface area contributed by atoms with E-state index in [4.69, 9.17) is 5.73 Å². The van der Waals surface area contributed by atoms with Crippen molar-refractivity contribution >= 4 is 48.8 Å². The van der Waals surface area contributed by atoms with Gasteiger partial charge in [0.15, 0.2) is 0 Å². The molecule has 0 aliphatic heterocycles. The second-order valence-electron chi connectivity index (χ2n) is 3.60. The number of pyridine rings is 1. The molecular formula is C10H10BrN3O2S2. The van der Waals surface area contributed by atoms with Gasteiger partial charge in [-0.05, 0) is 46.6 Å². The fourth-order valence-electron chi connectivity index (χ4n) is 1.32. The first-order chi connectivity index (χ1) is 8.38. The topological polar surface area (TPSA) is 85.1 Å². The van der Waals surface area contributed by atoms with Crippen LogP contribution in [0.25, 0.3) is 0 Å². The van der Waals surface area contributed by atoms with Crippen LogP contribution in [-0.4, -0.2) is 13.4 Å². The summed E-state index contributed by atoms with van der Waals surface area (Å²) in [5, 5.41) is 0. The van der Waals surface area contributed by atoms with Gasteiger partial charge in [-0.2, -0.15) is 0 Å². The maximum absolute atomic E-state index is 12.1. The number of aromatic nitrogens is 1. The van der Waals surface area contributed by atoms with Crippen LogP contribution in [0.4, 0.5) is 11.5 Å². The molecule has 3 N–H and O–H groups in total. The zero-order valence-corrected chi connectivity index (χ0v) is 12.6. The third-order valence-corrected chi connectivity index (χ3v) is 5.60. The Morgan fingerprint density at radius 3 is 2.72 bits per heavy atom. The lowest BCUT2D eigenvalue weighted by molar-refractivity contribution is 0.603. The number of nitrogens with one attached hydrogen (secondary N) is 1. The number of hydrogen-bond acceptors (Lipinski definition) is 5. The van der Waals surface area contributed by atoms with Crippen LogP contribution in [-0.2, 0) is 10.0 Å². The van der Waals surface area contributed by atoms with Crippen molar-refractivity contribution in [3.8, 4) is 0 Å². The second kappa shape index (κ2) is 4.87. The normalized spacial score (nSPS) is 11.4. The summed E-state index contributed by atoms with van der Waals surface area (Å²) < 4.78 is 27.5. The summed E-state index contributed by atoms with van der Waals surface area (Å²) in [7, 11) is -3.59. The van der Waals surface area contributed by atoms with Gasteiger partial charge in [-0.3, -0.25) is 4.72 Å². The highest BCUT2D eigenvalue weighted by molar-refractivity contribution is 9.11. The van der Waals surface area contributed by atoms with Gasteiger partial charge in [0.1, 0.15) is 10.0 Å². The Hall–Kier alpha value is -1.12. The molecular weight excluding hydrogens is 338 g/mol. The SMILES string of the molecule is Cc1cc(N)cnc1NS(=O)(=O)c1ccc(Br)s1. The van der Waals surface area contributed by atoms with E-state index in [2.05, 4.69) is 25.6 Å². The van der Waals surface area contributed by atoms with E-state index < -0.39 is 10.0 Å². The molecule has 0 aliphatic rings. The number of nitrogens with zero attached hydrogens (tertiary/aromatic N) is 1. The van der Waals surface area contributed by atoms with Gasteiger partial charge >= 0.3 is 0 Å². The molecule has 0 unspecified atom stereocenters. The molecule has 0 fully saturated rings. The summed E-state index contributed by atoms with van der Waals surface area (Å²) in [6.07, 6.45) is 1.41. The van der Waals surface area contributed by atoms with Crippen molar-refractivity contribution in [1.29, 1.82) is 0 Å². The minimum atomic E-state index is -3.59. The van der Waals surface area contributed by atoms with Gasteiger partial charge in [0.05, 0.1) is 15.7 Å². The van der Waals surface area contributed by atoms with Gasteiger partial charge in [-0.1, -0.05) is 0 Å². The number of rotatable bonds is 3. The van der Waals surface area contributed by atoms with Gasteiger partial charge < -0.3 is 5.73 Å². The average molecular weight is 348 g/mol. The monoisotopic (exact) mass is 347 g/mol. The predicted molar refractivity (Wildman–Crippen MR) is 76.2 cm³/mol. The van der Waals surface area contributed by atoms with Crippen LogP contribution in [0, 0.1) is 6.92 Å². The number of thiophene rings is 1. The van der Waals surface area contributed by atoms with Crippen LogP contribution in [0.1, 0.15) is 5.56 Å². The first-order valence-electron chi connectivity index (χ1n) is 4.89. The summed E-state index contributed by atoms with van der Waals surface area (Å²) in [6, 6.07) is 4.88. The molecule has 0 atom stereocenters. The number of anilines is 2. The van der Waals surface area contributed by atoms with Crippen LogP contribution in [0.5, 0.6) is 0 Å². The predicted octanol–water partition coefficient (Wildman–Crippen LogP) is 2.60. The molecule has 18 heavy (non-hydrogen) atoms. The maximum Gasteiger partial charge on any atom is 0.272 e. The zero-order chi connectivity index (χ0) is 13.3. The van der Waals surface area contributed by atoms with Crippen molar-refractivity contribution in [2.45, 2.75) is 11.1 Å². The smallest absolute Gasteiger partial charge is 0.272 e. The maximum atomic E-state index is 12.1. The molecule has 2 heterocycles. The lowest BCUT2D eigenvalue weighted by atomic mass is 10.3. The molecule has 0 amide bonds. The van der Waals surface area contributed by atoms with Crippen molar-refractivity contribution < 1.29 is 8.42 Å². The molecule has 5 nitrogen and oxygen atoms in total. The van der Waals surface area contributed by atoms with Crippen LogP contribution in [0.15, 0.2) is 32.4 Å². The molecule has 0 aromatic carbocycles. The van der Waals surface area contributed by atoms with Crippen LogP contribution in [0.2, 0.25) is 0 Å². The lowest BCUT2D eigenvalue weighted by Crippen LogP contribution is -2.13. The molecule has 0 radical (unpaired) electrons. The minimum Gasteiger partial charge on any atom is -0.397 e. The highest BCUT2D eigenvalue weighted by Gasteiger charge is 2.18. The lowest BCUT2D eigenvalue weighted by Gasteiger charge is -2.08. The molecule has 96 valence electrons. The summed E-state index contributed by atoms with van der Waals surface area (Å²) in [6.45, 7) is 1.74. The van der Waals surface area contributed by atoms with Gasteiger partial charge in [0, 0.05) is 0 Å². The van der Waals surface area contributed by atoms with Crippen LogP contribution < -0.4 is 10.5 Å². The highest BCUT2D eigenvalue weighted by atomic mass is 79.9. The van der Waals surface area contributed by atoms with Crippen LogP contribution in [0.3, 0.4) is 0 Å². The summed E-state index contributed by atoms with van der Waals surface area (Å²) in [5.74, 6) is 0.286. The number of nitrogen functional groups attached to an aromatic ring is 1. The fraction of sp³-hybridized carbons (Fsp3) is 0.100. The third-order valence-electron chi connectivity index (χ3n) is 2.14. The van der Waals surface area contributed by atoms with E-state index in [1.54, 1.807) is 19.1 Å². The molecule has 0 bridgehead atoms. The van der Waals surface area contributed by atoms with Gasteiger partial charge in [0.25, 0.3) is 10.0 Å². The number of nitrogens with two attached hydrogens (primary N) is 1. The summed E-state index contributed by atoms with van der Waals surface area (Å²) in [5.41, 5.74) is 6.73.